The van der Waals surface area contributed by atoms with Crippen molar-refractivity contribution >= 4 is 44.5 Å². The van der Waals surface area contributed by atoms with Gasteiger partial charge in [-0.15, -0.1) is 22.7 Å². The zero-order chi connectivity index (χ0) is 12.7. The van der Waals surface area contributed by atoms with Crippen LogP contribution in [0.3, 0.4) is 0 Å². The topological polar surface area (TPSA) is 52.2 Å². The lowest BCUT2D eigenvalue weighted by molar-refractivity contribution is 0.426. The third kappa shape index (κ3) is 1.92. The molecule has 0 aromatic carbocycles. The highest BCUT2D eigenvalue weighted by Crippen LogP contribution is 2.23. The number of halogens is 1. The molecule has 0 saturated heterocycles. The number of fused-ring (bicyclic) bond motifs is 1. The van der Waals surface area contributed by atoms with Gasteiger partial charge in [-0.05, 0) is 23.6 Å². The molecule has 0 unspecified atom stereocenters. The Morgan fingerprint density at radius 3 is 2.83 bits per heavy atom. The van der Waals surface area contributed by atoms with Gasteiger partial charge in [0.15, 0.2) is 0 Å². The average molecular weight is 300 g/mol. The molecule has 7 heteroatoms. The predicted molar refractivity (Wildman–Crippen MR) is 73.1 cm³/mol. The fourth-order valence-corrected chi connectivity index (χ4v) is 3.54. The molecule has 0 aliphatic carbocycles. The fraction of sp³-hybridized carbons (Fsp3) is 0.0909. The molecule has 0 amide bonds. The normalized spacial score (nSPS) is 11.2. The molecule has 3 aromatic rings. The number of hydrogen-bond acceptors (Lipinski definition) is 5. The van der Waals surface area contributed by atoms with Gasteiger partial charge in [0.05, 0.1) is 16.4 Å². The van der Waals surface area contributed by atoms with Crippen LogP contribution in [-0.4, -0.2) is 4.57 Å². The van der Waals surface area contributed by atoms with Crippen molar-refractivity contribution in [2.75, 3.05) is 0 Å². The van der Waals surface area contributed by atoms with Gasteiger partial charge in [0.25, 0.3) is 0 Å². The van der Waals surface area contributed by atoms with Crippen LogP contribution < -0.4 is 11.4 Å². The highest BCUT2D eigenvalue weighted by atomic mass is 35.5. The molecule has 4 nitrogen and oxygen atoms in total. The van der Waals surface area contributed by atoms with E-state index in [-0.39, 0.29) is 0 Å². The highest BCUT2D eigenvalue weighted by molar-refractivity contribution is 7.17. The Hall–Kier alpha value is -1.37. The van der Waals surface area contributed by atoms with Gasteiger partial charge < -0.3 is 4.42 Å². The summed E-state index contributed by atoms with van der Waals surface area (Å²) in [5.41, 5.74) is 0.0243. The SMILES string of the molecule is O=c1oc(=O)n(Cc2ccc(Cl)s2)c2ccsc12. The fourth-order valence-electron chi connectivity index (χ4n) is 1.69. The van der Waals surface area contributed by atoms with Crippen LogP contribution in [0, 0.1) is 0 Å². The summed E-state index contributed by atoms with van der Waals surface area (Å²) in [4.78, 5) is 24.2. The van der Waals surface area contributed by atoms with Crippen LogP contribution in [0.1, 0.15) is 4.88 Å². The van der Waals surface area contributed by atoms with E-state index >= 15 is 0 Å². The van der Waals surface area contributed by atoms with E-state index < -0.39 is 11.4 Å². The van der Waals surface area contributed by atoms with E-state index in [2.05, 4.69) is 0 Å². The number of hydrogen-bond donors (Lipinski definition) is 0. The Kier molecular flexibility index (Phi) is 2.85. The molecule has 3 heterocycles. The third-order valence-electron chi connectivity index (χ3n) is 2.46. The van der Waals surface area contributed by atoms with Crippen LogP contribution in [0.4, 0.5) is 0 Å². The molecule has 18 heavy (non-hydrogen) atoms. The first-order valence-electron chi connectivity index (χ1n) is 5.00. The van der Waals surface area contributed by atoms with Gasteiger partial charge >= 0.3 is 11.4 Å². The first-order chi connectivity index (χ1) is 8.65. The molecule has 3 aromatic heterocycles. The minimum Gasteiger partial charge on any atom is -0.371 e. The van der Waals surface area contributed by atoms with Crippen LogP contribution >= 0.6 is 34.3 Å². The zero-order valence-corrected chi connectivity index (χ0v) is 11.3. The number of aromatic nitrogens is 1. The second-order valence-corrected chi connectivity index (χ2v) is 6.30. The van der Waals surface area contributed by atoms with Gasteiger partial charge in [-0.1, -0.05) is 11.6 Å². The molecule has 0 fully saturated rings. The summed E-state index contributed by atoms with van der Waals surface area (Å²) in [7, 11) is 0. The van der Waals surface area contributed by atoms with Crippen LogP contribution in [0.2, 0.25) is 4.34 Å². The molecule has 0 saturated carbocycles. The Morgan fingerprint density at radius 2 is 2.11 bits per heavy atom. The molecule has 0 atom stereocenters. The molecule has 0 spiro atoms. The van der Waals surface area contributed by atoms with E-state index in [1.807, 2.05) is 6.07 Å². The second-order valence-electron chi connectivity index (χ2n) is 3.58. The average Bonchev–Trinajstić information content (AvgIpc) is 2.93. The van der Waals surface area contributed by atoms with Crippen molar-refractivity contribution in [2.45, 2.75) is 6.54 Å². The Bertz CT molecular complexity index is 827. The van der Waals surface area contributed by atoms with E-state index in [0.717, 1.165) is 4.88 Å². The summed E-state index contributed by atoms with van der Waals surface area (Å²) in [5, 5.41) is 1.76. The van der Waals surface area contributed by atoms with E-state index in [0.29, 0.717) is 21.1 Å². The van der Waals surface area contributed by atoms with Crippen molar-refractivity contribution in [1.29, 1.82) is 0 Å². The first-order valence-corrected chi connectivity index (χ1v) is 7.08. The molecule has 92 valence electrons. The zero-order valence-electron chi connectivity index (χ0n) is 8.88. The van der Waals surface area contributed by atoms with Crippen LogP contribution in [-0.2, 0) is 6.54 Å². The summed E-state index contributed by atoms with van der Waals surface area (Å²) < 4.78 is 7.25. The van der Waals surface area contributed by atoms with Crippen molar-refractivity contribution in [3.8, 4) is 0 Å². The molecule has 0 aliphatic heterocycles. The lowest BCUT2D eigenvalue weighted by atomic mass is 10.4. The smallest absolute Gasteiger partial charge is 0.371 e. The van der Waals surface area contributed by atoms with Crippen molar-refractivity contribution in [3.63, 3.8) is 0 Å². The van der Waals surface area contributed by atoms with Crippen molar-refractivity contribution < 1.29 is 4.42 Å². The van der Waals surface area contributed by atoms with Gasteiger partial charge in [-0.2, -0.15) is 0 Å². The lowest BCUT2D eigenvalue weighted by Crippen LogP contribution is -2.24. The lowest BCUT2D eigenvalue weighted by Gasteiger charge is -2.03. The van der Waals surface area contributed by atoms with Crippen LogP contribution in [0.25, 0.3) is 10.2 Å². The maximum Gasteiger partial charge on any atom is 0.422 e. The molecular weight excluding hydrogens is 294 g/mol. The van der Waals surface area contributed by atoms with Crippen molar-refractivity contribution in [3.05, 3.63) is 53.8 Å². The molecule has 3 rings (SSSR count). The quantitative estimate of drug-likeness (QED) is 0.731. The first kappa shape index (κ1) is 11.7. The summed E-state index contributed by atoms with van der Waals surface area (Å²) in [6.07, 6.45) is 0. The summed E-state index contributed by atoms with van der Waals surface area (Å²) in [5.74, 6) is -0.643. The van der Waals surface area contributed by atoms with E-state index in [4.69, 9.17) is 16.0 Å². The summed E-state index contributed by atoms with van der Waals surface area (Å²) >= 11 is 8.51. The van der Waals surface area contributed by atoms with Crippen LogP contribution in [0.15, 0.2) is 37.6 Å². The monoisotopic (exact) mass is 299 g/mol. The standard InChI is InChI=1S/C11H6ClNO3S2/c12-8-2-1-6(18-8)5-13-7-3-4-17-9(7)10(14)16-11(13)15/h1-4H,5H2. The van der Waals surface area contributed by atoms with E-state index in [1.54, 1.807) is 17.5 Å². The maximum absolute atomic E-state index is 11.7. The third-order valence-corrected chi connectivity index (χ3v) is 4.56. The minimum atomic E-state index is -0.643. The van der Waals surface area contributed by atoms with Gasteiger partial charge in [0, 0.05) is 4.88 Å². The van der Waals surface area contributed by atoms with Gasteiger partial charge in [0.2, 0.25) is 0 Å². The Morgan fingerprint density at radius 1 is 1.28 bits per heavy atom. The van der Waals surface area contributed by atoms with Crippen molar-refractivity contribution in [2.24, 2.45) is 0 Å². The number of rotatable bonds is 2. The van der Waals surface area contributed by atoms with Crippen LogP contribution in [0.5, 0.6) is 0 Å². The molecular formula is C11H6ClNO3S2. The van der Waals surface area contributed by atoms with Gasteiger partial charge in [-0.3, -0.25) is 4.57 Å². The van der Waals surface area contributed by atoms with Gasteiger partial charge in [0.1, 0.15) is 4.70 Å². The molecule has 0 aliphatic rings. The van der Waals surface area contributed by atoms with E-state index in [9.17, 15) is 9.59 Å². The molecule has 0 N–H and O–H groups in total. The van der Waals surface area contributed by atoms with Gasteiger partial charge in [-0.25, -0.2) is 9.59 Å². The number of thiophene rings is 2. The molecule has 0 bridgehead atoms. The Balaban J connectivity index is 2.20. The van der Waals surface area contributed by atoms with E-state index in [1.165, 1.54) is 27.2 Å². The second kappa shape index (κ2) is 4.38. The minimum absolute atomic E-state index is 0.354. The Labute approximate surface area is 114 Å². The maximum atomic E-state index is 11.7. The number of nitrogens with zero attached hydrogens (tertiary/aromatic N) is 1. The predicted octanol–water partition coefficient (Wildman–Crippen LogP) is 2.78. The summed E-state index contributed by atoms with van der Waals surface area (Å²) in [6, 6.07) is 5.37. The molecule has 0 radical (unpaired) electrons. The summed E-state index contributed by atoms with van der Waals surface area (Å²) in [6.45, 7) is 0.354. The van der Waals surface area contributed by atoms with Crippen molar-refractivity contribution in [1.82, 2.24) is 4.57 Å². The highest BCUT2D eigenvalue weighted by Gasteiger charge is 2.11. The largest absolute Gasteiger partial charge is 0.422 e.